The monoisotopic (exact) mass is 294 g/mol. The van der Waals surface area contributed by atoms with Crippen molar-refractivity contribution in [1.29, 1.82) is 0 Å². The Kier molecular flexibility index (Phi) is 5.48. The summed E-state index contributed by atoms with van der Waals surface area (Å²) < 4.78 is 0. The molecule has 0 spiro atoms. The Morgan fingerprint density at radius 2 is 1.50 bits per heavy atom. The van der Waals surface area contributed by atoms with Gasteiger partial charge in [-0.2, -0.15) is 0 Å². The molecule has 0 bridgehead atoms. The summed E-state index contributed by atoms with van der Waals surface area (Å²) in [6.07, 6.45) is 0. The van der Waals surface area contributed by atoms with Crippen LogP contribution in [-0.4, -0.2) is 48.4 Å². The van der Waals surface area contributed by atoms with E-state index in [1.54, 1.807) is 0 Å². The Morgan fingerprint density at radius 3 is 2.00 bits per heavy atom. The van der Waals surface area contributed by atoms with Crippen molar-refractivity contribution in [1.82, 2.24) is 9.80 Å². The average molecular weight is 295 g/mol. The molecule has 2 rings (SSSR count). The third-order valence-corrected chi connectivity index (χ3v) is 4.26. The number of benzene rings is 1. The summed E-state index contributed by atoms with van der Waals surface area (Å²) in [5.74, 6) is 0.744. The van der Waals surface area contributed by atoms with E-state index < -0.39 is 0 Å². The molecule has 112 valence electrons. The molecule has 1 heterocycles. The molecule has 3 heteroatoms. The lowest BCUT2D eigenvalue weighted by molar-refractivity contribution is 0.132. The molecule has 2 nitrogen and oxygen atoms in total. The van der Waals surface area contributed by atoms with Crippen molar-refractivity contribution in [3.05, 3.63) is 35.4 Å². The Balaban J connectivity index is 1.85. The lowest BCUT2D eigenvalue weighted by Crippen LogP contribution is -2.46. The van der Waals surface area contributed by atoms with Gasteiger partial charge in [-0.05, 0) is 16.5 Å². The van der Waals surface area contributed by atoms with Crippen LogP contribution in [-0.2, 0) is 12.0 Å². The van der Waals surface area contributed by atoms with Gasteiger partial charge in [0.2, 0.25) is 0 Å². The summed E-state index contributed by atoms with van der Waals surface area (Å²) in [6, 6.07) is 9.12. The highest BCUT2D eigenvalue weighted by atomic mass is 35.5. The van der Waals surface area contributed by atoms with E-state index >= 15 is 0 Å². The van der Waals surface area contributed by atoms with Crippen LogP contribution in [0.4, 0.5) is 0 Å². The van der Waals surface area contributed by atoms with Gasteiger partial charge in [-0.1, -0.05) is 45.0 Å². The molecule has 1 fully saturated rings. The number of hydrogen-bond acceptors (Lipinski definition) is 2. The van der Waals surface area contributed by atoms with Crippen molar-refractivity contribution in [3.8, 4) is 0 Å². The second-order valence-electron chi connectivity index (χ2n) is 6.75. The van der Waals surface area contributed by atoms with E-state index in [1.807, 2.05) is 0 Å². The molecule has 1 aromatic carbocycles. The van der Waals surface area contributed by atoms with Gasteiger partial charge in [0.1, 0.15) is 0 Å². The number of nitrogens with zero attached hydrogens (tertiary/aromatic N) is 2. The molecular weight excluding hydrogens is 268 g/mol. The van der Waals surface area contributed by atoms with Crippen LogP contribution >= 0.6 is 11.6 Å². The third-order valence-electron chi connectivity index (χ3n) is 4.09. The van der Waals surface area contributed by atoms with Gasteiger partial charge in [0.25, 0.3) is 0 Å². The first-order valence-corrected chi connectivity index (χ1v) is 8.12. The van der Waals surface area contributed by atoms with Crippen LogP contribution in [0.2, 0.25) is 0 Å². The van der Waals surface area contributed by atoms with Crippen molar-refractivity contribution in [2.75, 3.05) is 38.6 Å². The molecule has 0 aliphatic carbocycles. The van der Waals surface area contributed by atoms with Gasteiger partial charge >= 0.3 is 0 Å². The first-order valence-electron chi connectivity index (χ1n) is 7.59. The second kappa shape index (κ2) is 6.93. The van der Waals surface area contributed by atoms with Gasteiger partial charge in [0.15, 0.2) is 0 Å². The molecule has 0 N–H and O–H groups in total. The van der Waals surface area contributed by atoms with Crippen molar-refractivity contribution in [2.24, 2.45) is 0 Å². The standard InChI is InChI=1S/C17H27ClN2/c1-17(2,3)16-6-4-15(5-7-16)14-20-12-10-19(9-8-18)11-13-20/h4-7H,8-14H2,1-3H3. The van der Waals surface area contributed by atoms with E-state index in [-0.39, 0.29) is 5.41 Å². The molecule has 1 saturated heterocycles. The molecule has 0 atom stereocenters. The fourth-order valence-corrected chi connectivity index (χ4v) is 2.90. The Labute approximate surface area is 128 Å². The van der Waals surface area contributed by atoms with E-state index in [0.29, 0.717) is 0 Å². The molecule has 20 heavy (non-hydrogen) atoms. The van der Waals surface area contributed by atoms with Gasteiger partial charge in [0, 0.05) is 45.1 Å². The smallest absolute Gasteiger partial charge is 0.0351 e. The van der Waals surface area contributed by atoms with E-state index in [2.05, 4.69) is 54.8 Å². The van der Waals surface area contributed by atoms with Gasteiger partial charge in [-0.25, -0.2) is 0 Å². The zero-order valence-electron chi connectivity index (χ0n) is 13.0. The molecular formula is C17H27ClN2. The number of rotatable bonds is 4. The van der Waals surface area contributed by atoms with Gasteiger partial charge in [-0.15, -0.1) is 11.6 Å². The third kappa shape index (κ3) is 4.47. The first kappa shape index (κ1) is 15.8. The number of halogens is 1. The maximum atomic E-state index is 5.80. The summed E-state index contributed by atoms with van der Waals surface area (Å²) in [6.45, 7) is 13.5. The molecule has 1 aromatic rings. The number of hydrogen-bond donors (Lipinski definition) is 0. The fourth-order valence-electron chi connectivity index (χ4n) is 2.66. The second-order valence-corrected chi connectivity index (χ2v) is 7.13. The number of piperazine rings is 1. The summed E-state index contributed by atoms with van der Waals surface area (Å²) >= 11 is 5.80. The van der Waals surface area contributed by atoms with Crippen LogP contribution in [0.5, 0.6) is 0 Å². The van der Waals surface area contributed by atoms with Crippen LogP contribution in [0, 0.1) is 0 Å². The van der Waals surface area contributed by atoms with E-state index in [9.17, 15) is 0 Å². The highest BCUT2D eigenvalue weighted by molar-refractivity contribution is 6.18. The summed E-state index contributed by atoms with van der Waals surface area (Å²) in [7, 11) is 0. The first-order chi connectivity index (χ1) is 9.49. The Hall–Kier alpha value is -0.570. The lowest BCUT2D eigenvalue weighted by atomic mass is 9.87. The van der Waals surface area contributed by atoms with Crippen molar-refractivity contribution < 1.29 is 0 Å². The average Bonchev–Trinajstić information content (AvgIpc) is 2.41. The maximum absolute atomic E-state index is 5.80. The van der Waals surface area contributed by atoms with Crippen LogP contribution in [0.1, 0.15) is 31.9 Å². The van der Waals surface area contributed by atoms with Crippen LogP contribution < -0.4 is 0 Å². The number of alkyl halides is 1. The highest BCUT2D eigenvalue weighted by Crippen LogP contribution is 2.22. The van der Waals surface area contributed by atoms with Crippen LogP contribution in [0.15, 0.2) is 24.3 Å². The highest BCUT2D eigenvalue weighted by Gasteiger charge is 2.17. The quantitative estimate of drug-likeness (QED) is 0.786. The zero-order valence-corrected chi connectivity index (χ0v) is 13.8. The SMILES string of the molecule is CC(C)(C)c1ccc(CN2CCN(CCCl)CC2)cc1. The zero-order chi connectivity index (χ0) is 14.6. The molecule has 0 radical (unpaired) electrons. The summed E-state index contributed by atoms with van der Waals surface area (Å²) in [5.41, 5.74) is 3.07. The molecule has 0 saturated carbocycles. The predicted molar refractivity (Wildman–Crippen MR) is 87.6 cm³/mol. The molecule has 1 aliphatic heterocycles. The summed E-state index contributed by atoms with van der Waals surface area (Å²) in [5, 5.41) is 0. The van der Waals surface area contributed by atoms with E-state index in [0.717, 1.165) is 45.1 Å². The van der Waals surface area contributed by atoms with Crippen LogP contribution in [0.25, 0.3) is 0 Å². The molecule has 0 aromatic heterocycles. The van der Waals surface area contributed by atoms with Gasteiger partial charge in [-0.3, -0.25) is 9.80 Å². The minimum atomic E-state index is 0.242. The topological polar surface area (TPSA) is 6.48 Å². The molecule has 1 aliphatic rings. The van der Waals surface area contributed by atoms with Crippen molar-refractivity contribution >= 4 is 11.6 Å². The summed E-state index contributed by atoms with van der Waals surface area (Å²) in [4.78, 5) is 4.99. The Morgan fingerprint density at radius 1 is 0.950 bits per heavy atom. The van der Waals surface area contributed by atoms with Crippen molar-refractivity contribution in [2.45, 2.75) is 32.7 Å². The van der Waals surface area contributed by atoms with Crippen molar-refractivity contribution in [3.63, 3.8) is 0 Å². The van der Waals surface area contributed by atoms with Gasteiger partial charge < -0.3 is 0 Å². The van der Waals surface area contributed by atoms with Crippen LogP contribution in [0.3, 0.4) is 0 Å². The maximum Gasteiger partial charge on any atom is 0.0351 e. The normalized spacial score (nSPS) is 18.4. The lowest BCUT2D eigenvalue weighted by Gasteiger charge is -2.34. The fraction of sp³-hybridized carbons (Fsp3) is 0.647. The minimum absolute atomic E-state index is 0.242. The van der Waals surface area contributed by atoms with E-state index in [4.69, 9.17) is 11.6 Å². The predicted octanol–water partition coefficient (Wildman–Crippen LogP) is 3.34. The van der Waals surface area contributed by atoms with Gasteiger partial charge in [0.05, 0.1) is 0 Å². The molecule has 0 unspecified atom stereocenters. The minimum Gasteiger partial charge on any atom is -0.300 e. The molecule has 0 amide bonds. The largest absolute Gasteiger partial charge is 0.300 e. The van der Waals surface area contributed by atoms with E-state index in [1.165, 1.54) is 11.1 Å². The Bertz CT molecular complexity index is 400.